The molecule has 0 unspecified atom stereocenters. The molecule has 0 rings (SSSR count). The van der Waals surface area contributed by atoms with Gasteiger partial charge in [-0.3, -0.25) is 5.41 Å². The third-order valence-electron chi connectivity index (χ3n) is 1.30. The maximum Gasteiger partial charge on any atom is 0.104 e. The van der Waals surface area contributed by atoms with Crippen LogP contribution in [0.1, 0.15) is 27.2 Å². The van der Waals surface area contributed by atoms with Crippen LogP contribution in [0.2, 0.25) is 0 Å². The molecule has 0 bridgehead atoms. The molecule has 0 aromatic heterocycles. The van der Waals surface area contributed by atoms with Crippen LogP contribution in [0.3, 0.4) is 0 Å². The molecular weight excluding hydrogens is 146 g/mol. The van der Waals surface area contributed by atoms with Gasteiger partial charge in [0.05, 0.1) is 0 Å². The molecule has 0 aliphatic carbocycles. The largest absolute Gasteiger partial charge is 0.292 e. The number of nitrogens with one attached hydrogen (secondary N) is 1. The molecule has 12 heavy (non-hydrogen) atoms. The van der Waals surface area contributed by atoms with Gasteiger partial charge < -0.3 is 0 Å². The first-order valence-electron chi connectivity index (χ1n) is 4.06. The summed E-state index contributed by atoms with van der Waals surface area (Å²) in [6, 6.07) is 0. The molecule has 1 nitrogen and oxygen atoms in total. The first-order chi connectivity index (χ1) is 5.70. The fourth-order valence-electron chi connectivity index (χ4n) is 0.781. The highest BCUT2D eigenvalue weighted by molar-refractivity contribution is 6.06. The Morgan fingerprint density at radius 1 is 1.42 bits per heavy atom. The lowest BCUT2D eigenvalue weighted by Gasteiger charge is -1.88. The minimum Gasteiger partial charge on any atom is -0.292 e. The summed E-state index contributed by atoms with van der Waals surface area (Å²) >= 11 is 0. The number of allylic oxidation sites excluding steroid dienone is 4. The molecule has 0 aromatic rings. The summed E-state index contributed by atoms with van der Waals surface area (Å²) in [4.78, 5) is 0. The van der Waals surface area contributed by atoms with Gasteiger partial charge >= 0.3 is 0 Å². The highest BCUT2D eigenvalue weighted by atomic mass is 14.4. The predicted octanol–water partition coefficient (Wildman–Crippen LogP) is 2.94. The zero-order valence-corrected chi connectivity index (χ0v) is 7.94. The molecule has 1 N–H and O–H groups in total. The van der Waals surface area contributed by atoms with E-state index in [1.165, 1.54) is 5.57 Å². The van der Waals surface area contributed by atoms with Crippen LogP contribution in [0.4, 0.5) is 0 Å². The fourth-order valence-corrected chi connectivity index (χ4v) is 0.781. The van der Waals surface area contributed by atoms with Crippen LogP contribution in [-0.2, 0) is 0 Å². The molecule has 0 aliphatic heterocycles. The van der Waals surface area contributed by atoms with Gasteiger partial charge in [0.1, 0.15) is 5.71 Å². The van der Waals surface area contributed by atoms with E-state index in [-0.39, 0.29) is 0 Å². The van der Waals surface area contributed by atoms with Gasteiger partial charge in [-0.25, -0.2) is 0 Å². The minimum absolute atomic E-state index is 0.362. The van der Waals surface area contributed by atoms with Crippen molar-refractivity contribution in [1.82, 2.24) is 0 Å². The number of hydrogen-bond donors (Lipinski definition) is 1. The SMILES string of the molecule is CC#CC(=N)/C=C\C(C)=C\CC. The lowest BCUT2D eigenvalue weighted by atomic mass is 10.2. The van der Waals surface area contributed by atoms with Gasteiger partial charge in [0.15, 0.2) is 0 Å². The molecule has 1 heteroatoms. The number of hydrogen-bond acceptors (Lipinski definition) is 1. The highest BCUT2D eigenvalue weighted by Gasteiger charge is 1.82. The van der Waals surface area contributed by atoms with Crippen LogP contribution in [-0.4, -0.2) is 5.71 Å². The molecule has 0 aliphatic rings. The molecule has 0 saturated heterocycles. The highest BCUT2D eigenvalue weighted by Crippen LogP contribution is 1.96. The van der Waals surface area contributed by atoms with Crippen molar-refractivity contribution >= 4 is 5.71 Å². The smallest absolute Gasteiger partial charge is 0.104 e. The average Bonchev–Trinajstić information content (AvgIpc) is 2.02. The second-order valence-corrected chi connectivity index (χ2v) is 2.48. The minimum atomic E-state index is 0.362. The Bertz CT molecular complexity index is 258. The summed E-state index contributed by atoms with van der Waals surface area (Å²) in [6.45, 7) is 5.85. The fraction of sp³-hybridized carbons (Fsp3) is 0.364. The van der Waals surface area contributed by atoms with Crippen molar-refractivity contribution in [3.05, 3.63) is 23.8 Å². The van der Waals surface area contributed by atoms with Crippen LogP contribution < -0.4 is 0 Å². The zero-order chi connectivity index (χ0) is 9.40. The maximum absolute atomic E-state index is 7.33. The van der Waals surface area contributed by atoms with Crippen molar-refractivity contribution in [2.75, 3.05) is 0 Å². The van der Waals surface area contributed by atoms with Crippen molar-refractivity contribution in [2.45, 2.75) is 27.2 Å². The summed E-state index contributed by atoms with van der Waals surface area (Å²) < 4.78 is 0. The Hall–Kier alpha value is -1.29. The van der Waals surface area contributed by atoms with E-state index >= 15 is 0 Å². The van der Waals surface area contributed by atoms with E-state index in [2.05, 4.69) is 24.8 Å². The van der Waals surface area contributed by atoms with Crippen LogP contribution >= 0.6 is 0 Å². The Balaban J connectivity index is 4.13. The van der Waals surface area contributed by atoms with Gasteiger partial charge in [-0.2, -0.15) is 0 Å². The van der Waals surface area contributed by atoms with Gasteiger partial charge in [-0.05, 0) is 32.3 Å². The van der Waals surface area contributed by atoms with Gasteiger partial charge in [-0.1, -0.05) is 30.6 Å². The van der Waals surface area contributed by atoms with Crippen LogP contribution in [0.15, 0.2) is 23.8 Å². The van der Waals surface area contributed by atoms with Crippen molar-refractivity contribution in [3.63, 3.8) is 0 Å². The summed E-state index contributed by atoms with van der Waals surface area (Å²) in [7, 11) is 0. The second kappa shape index (κ2) is 6.42. The Morgan fingerprint density at radius 2 is 2.08 bits per heavy atom. The van der Waals surface area contributed by atoms with E-state index in [9.17, 15) is 0 Å². The quantitative estimate of drug-likeness (QED) is 0.374. The van der Waals surface area contributed by atoms with E-state index in [1.807, 2.05) is 13.0 Å². The summed E-state index contributed by atoms with van der Waals surface area (Å²) in [5.41, 5.74) is 1.54. The third-order valence-corrected chi connectivity index (χ3v) is 1.30. The maximum atomic E-state index is 7.33. The van der Waals surface area contributed by atoms with E-state index < -0.39 is 0 Å². The molecule has 0 heterocycles. The van der Waals surface area contributed by atoms with Gasteiger partial charge in [0.25, 0.3) is 0 Å². The summed E-state index contributed by atoms with van der Waals surface area (Å²) in [5.74, 6) is 5.34. The third kappa shape index (κ3) is 5.49. The molecular formula is C11H15N. The van der Waals surface area contributed by atoms with E-state index in [0.29, 0.717) is 5.71 Å². The zero-order valence-electron chi connectivity index (χ0n) is 7.94. The Morgan fingerprint density at radius 3 is 2.58 bits per heavy atom. The average molecular weight is 161 g/mol. The monoisotopic (exact) mass is 161 g/mol. The first kappa shape index (κ1) is 10.7. The van der Waals surface area contributed by atoms with Crippen LogP contribution in [0.25, 0.3) is 0 Å². The molecule has 0 spiro atoms. The lowest BCUT2D eigenvalue weighted by Crippen LogP contribution is -1.83. The van der Waals surface area contributed by atoms with E-state index in [0.717, 1.165) is 6.42 Å². The standard InChI is InChI=1S/C11H15N/c1-4-6-10(3)8-9-11(12)7-5-2/h6,8-9,12H,4H2,1-3H3/b9-8-,10-6+,12-11?. The van der Waals surface area contributed by atoms with Crippen LogP contribution in [0.5, 0.6) is 0 Å². The van der Waals surface area contributed by atoms with Gasteiger partial charge in [0, 0.05) is 0 Å². The van der Waals surface area contributed by atoms with Gasteiger partial charge in [-0.15, -0.1) is 0 Å². The molecule has 64 valence electrons. The van der Waals surface area contributed by atoms with Crippen LogP contribution in [0, 0.1) is 17.3 Å². The van der Waals surface area contributed by atoms with Crippen molar-refractivity contribution in [1.29, 1.82) is 5.41 Å². The molecule has 0 aromatic carbocycles. The summed E-state index contributed by atoms with van der Waals surface area (Å²) in [6.07, 6.45) is 6.78. The molecule has 0 saturated carbocycles. The van der Waals surface area contributed by atoms with E-state index in [1.54, 1.807) is 13.0 Å². The van der Waals surface area contributed by atoms with Crippen molar-refractivity contribution < 1.29 is 0 Å². The van der Waals surface area contributed by atoms with Crippen molar-refractivity contribution in [2.24, 2.45) is 0 Å². The molecule has 0 atom stereocenters. The Labute approximate surface area is 74.7 Å². The van der Waals surface area contributed by atoms with Gasteiger partial charge in [0.2, 0.25) is 0 Å². The molecule has 0 fully saturated rings. The number of rotatable bonds is 3. The normalized spacial score (nSPS) is 11.1. The Kier molecular flexibility index (Phi) is 5.73. The predicted molar refractivity (Wildman–Crippen MR) is 54.4 cm³/mol. The van der Waals surface area contributed by atoms with E-state index in [4.69, 9.17) is 5.41 Å². The summed E-state index contributed by atoms with van der Waals surface area (Å²) in [5, 5.41) is 7.33. The second-order valence-electron chi connectivity index (χ2n) is 2.48. The molecule has 0 amide bonds. The lowest BCUT2D eigenvalue weighted by molar-refractivity contribution is 1.20. The first-order valence-corrected chi connectivity index (χ1v) is 4.06. The van der Waals surface area contributed by atoms with Crippen molar-refractivity contribution in [3.8, 4) is 11.8 Å². The topological polar surface area (TPSA) is 23.9 Å². The molecule has 0 radical (unpaired) electrons.